The van der Waals surface area contributed by atoms with Gasteiger partial charge in [-0.1, -0.05) is 0 Å². The number of nitrogens with zero attached hydrogens (tertiary/aromatic N) is 1. The van der Waals surface area contributed by atoms with E-state index in [1.165, 1.54) is 4.88 Å². The van der Waals surface area contributed by atoms with Gasteiger partial charge in [0, 0.05) is 24.0 Å². The largest absolute Gasteiger partial charge is 0.378 e. The Morgan fingerprint density at radius 3 is 3.05 bits per heavy atom. The molecule has 1 amide bonds. The Kier molecular flexibility index (Phi) is 5.38. The lowest BCUT2D eigenvalue weighted by atomic mass is 10.2. The molecule has 6 heteroatoms. The predicted molar refractivity (Wildman–Crippen MR) is 80.3 cm³/mol. The van der Waals surface area contributed by atoms with Crippen LogP contribution in [0.2, 0.25) is 0 Å². The highest BCUT2D eigenvalue weighted by Gasteiger charge is 2.29. The van der Waals surface area contributed by atoms with E-state index in [0.717, 1.165) is 16.9 Å². The third kappa shape index (κ3) is 4.27. The van der Waals surface area contributed by atoms with Crippen LogP contribution in [-0.2, 0) is 16.1 Å². The summed E-state index contributed by atoms with van der Waals surface area (Å²) in [5.74, 6) is 0.0605. The number of amides is 1. The lowest BCUT2D eigenvalue weighted by Gasteiger charge is -2.34. The molecule has 1 N–H and O–H groups in total. The summed E-state index contributed by atoms with van der Waals surface area (Å²) in [4.78, 5) is 15.6. The molecule has 0 radical (unpaired) electrons. The first-order valence-corrected chi connectivity index (χ1v) is 8.03. The van der Waals surface area contributed by atoms with Crippen LogP contribution in [0.3, 0.4) is 0 Å². The Morgan fingerprint density at radius 1 is 1.63 bits per heavy atom. The maximum absolute atomic E-state index is 12.2. The molecule has 0 spiro atoms. The zero-order valence-corrected chi connectivity index (χ0v) is 13.6. The molecule has 1 aromatic heterocycles. The van der Waals surface area contributed by atoms with Gasteiger partial charge in [-0.25, -0.2) is 0 Å². The standard InChI is InChI=1S/C13H19BrN2O2S/c1-9(2)15-13(17)11-8-18-6-5-16(11)7-10-3-4-12(14)19-10/h3-4,9,11H,5-8H2,1-2H3,(H,15,17). The predicted octanol–water partition coefficient (Wildman–Crippen LogP) is 2.24. The summed E-state index contributed by atoms with van der Waals surface area (Å²) in [6, 6.07) is 4.12. The molecular weight excluding hydrogens is 328 g/mol. The van der Waals surface area contributed by atoms with Crippen LogP contribution in [0, 0.1) is 0 Å². The van der Waals surface area contributed by atoms with Crippen molar-refractivity contribution in [1.82, 2.24) is 10.2 Å². The van der Waals surface area contributed by atoms with Crippen molar-refractivity contribution < 1.29 is 9.53 Å². The van der Waals surface area contributed by atoms with Crippen molar-refractivity contribution in [1.29, 1.82) is 0 Å². The fraction of sp³-hybridized carbons (Fsp3) is 0.615. The zero-order chi connectivity index (χ0) is 13.8. The Bertz CT molecular complexity index is 436. The zero-order valence-electron chi connectivity index (χ0n) is 11.2. The molecule has 106 valence electrons. The molecule has 2 rings (SSSR count). The van der Waals surface area contributed by atoms with Gasteiger partial charge in [-0.05, 0) is 41.9 Å². The van der Waals surface area contributed by atoms with Gasteiger partial charge in [0.2, 0.25) is 5.91 Å². The molecule has 4 nitrogen and oxygen atoms in total. The lowest BCUT2D eigenvalue weighted by Crippen LogP contribution is -2.54. The van der Waals surface area contributed by atoms with Gasteiger partial charge in [0.25, 0.3) is 0 Å². The van der Waals surface area contributed by atoms with E-state index in [4.69, 9.17) is 4.74 Å². The summed E-state index contributed by atoms with van der Waals surface area (Å²) in [7, 11) is 0. The first kappa shape index (κ1) is 15.0. The number of morpholine rings is 1. The van der Waals surface area contributed by atoms with Crippen molar-refractivity contribution >= 4 is 33.2 Å². The monoisotopic (exact) mass is 346 g/mol. The topological polar surface area (TPSA) is 41.6 Å². The van der Waals surface area contributed by atoms with Crippen LogP contribution < -0.4 is 5.32 Å². The Balaban J connectivity index is 2.01. The fourth-order valence-electron chi connectivity index (χ4n) is 2.09. The van der Waals surface area contributed by atoms with E-state index in [1.807, 2.05) is 19.9 Å². The lowest BCUT2D eigenvalue weighted by molar-refractivity contribution is -0.133. The van der Waals surface area contributed by atoms with Crippen LogP contribution in [0.1, 0.15) is 18.7 Å². The van der Waals surface area contributed by atoms with Gasteiger partial charge in [0.05, 0.1) is 17.0 Å². The van der Waals surface area contributed by atoms with Gasteiger partial charge < -0.3 is 10.1 Å². The van der Waals surface area contributed by atoms with Crippen LogP contribution in [0.15, 0.2) is 15.9 Å². The second kappa shape index (κ2) is 6.83. The summed E-state index contributed by atoms with van der Waals surface area (Å²) >= 11 is 5.18. The minimum atomic E-state index is -0.183. The number of hydrogen-bond donors (Lipinski definition) is 1. The molecule has 0 saturated carbocycles. The maximum atomic E-state index is 12.2. The van der Waals surface area contributed by atoms with Crippen molar-refractivity contribution in [2.75, 3.05) is 19.8 Å². The Hall–Kier alpha value is -0.430. The number of hydrogen-bond acceptors (Lipinski definition) is 4. The SMILES string of the molecule is CC(C)NC(=O)C1COCCN1Cc1ccc(Br)s1. The van der Waals surface area contributed by atoms with Gasteiger partial charge in [0.1, 0.15) is 6.04 Å². The van der Waals surface area contributed by atoms with E-state index >= 15 is 0 Å². The van der Waals surface area contributed by atoms with Crippen LogP contribution in [0.5, 0.6) is 0 Å². The summed E-state index contributed by atoms with van der Waals surface area (Å²) in [6.45, 7) is 6.72. The van der Waals surface area contributed by atoms with Crippen LogP contribution >= 0.6 is 27.3 Å². The highest BCUT2D eigenvalue weighted by atomic mass is 79.9. The molecule has 1 aliphatic heterocycles. The molecule has 1 aromatic rings. The Morgan fingerprint density at radius 2 is 2.42 bits per heavy atom. The highest BCUT2D eigenvalue weighted by molar-refractivity contribution is 9.11. The second-order valence-corrected chi connectivity index (χ2v) is 7.48. The average molecular weight is 347 g/mol. The summed E-state index contributed by atoms with van der Waals surface area (Å²) in [6.07, 6.45) is 0. The van der Waals surface area contributed by atoms with E-state index < -0.39 is 0 Å². The number of nitrogens with one attached hydrogen (secondary N) is 1. The van der Waals surface area contributed by atoms with E-state index in [9.17, 15) is 4.79 Å². The molecule has 1 atom stereocenters. The van der Waals surface area contributed by atoms with Gasteiger partial charge in [-0.15, -0.1) is 11.3 Å². The van der Waals surface area contributed by atoms with Gasteiger partial charge >= 0.3 is 0 Å². The fourth-order valence-corrected chi connectivity index (χ4v) is 3.60. The van der Waals surface area contributed by atoms with E-state index in [1.54, 1.807) is 11.3 Å². The first-order chi connectivity index (χ1) is 9.06. The van der Waals surface area contributed by atoms with Gasteiger partial charge in [-0.3, -0.25) is 9.69 Å². The number of rotatable bonds is 4. The first-order valence-electron chi connectivity index (χ1n) is 6.42. The Labute approximate surface area is 126 Å². The van der Waals surface area contributed by atoms with Crippen molar-refractivity contribution in [2.45, 2.75) is 32.5 Å². The molecule has 19 heavy (non-hydrogen) atoms. The quantitative estimate of drug-likeness (QED) is 0.908. The number of carbonyl (C=O) groups is 1. The number of thiophene rings is 1. The molecular formula is C13H19BrN2O2S. The van der Waals surface area contributed by atoms with Gasteiger partial charge in [-0.2, -0.15) is 0 Å². The summed E-state index contributed by atoms with van der Waals surface area (Å²) < 4.78 is 6.57. The van der Waals surface area contributed by atoms with Crippen LogP contribution in [0.4, 0.5) is 0 Å². The van der Waals surface area contributed by atoms with E-state index in [2.05, 4.69) is 32.2 Å². The summed E-state index contributed by atoms with van der Waals surface area (Å²) in [5, 5.41) is 2.97. The van der Waals surface area contributed by atoms with E-state index in [-0.39, 0.29) is 18.0 Å². The van der Waals surface area contributed by atoms with Crippen LogP contribution in [-0.4, -0.2) is 42.6 Å². The number of ether oxygens (including phenoxy) is 1. The third-order valence-corrected chi connectivity index (χ3v) is 4.57. The van der Waals surface area contributed by atoms with Crippen molar-refractivity contribution in [3.63, 3.8) is 0 Å². The molecule has 1 saturated heterocycles. The smallest absolute Gasteiger partial charge is 0.239 e. The molecule has 1 fully saturated rings. The third-order valence-electron chi connectivity index (χ3n) is 2.96. The summed E-state index contributed by atoms with van der Waals surface area (Å²) in [5.41, 5.74) is 0. The van der Waals surface area contributed by atoms with Crippen molar-refractivity contribution in [3.05, 3.63) is 20.8 Å². The number of halogens is 1. The van der Waals surface area contributed by atoms with Gasteiger partial charge in [0.15, 0.2) is 0 Å². The normalized spacial score (nSPS) is 20.7. The number of carbonyl (C=O) groups excluding carboxylic acids is 1. The molecule has 1 unspecified atom stereocenters. The highest BCUT2D eigenvalue weighted by Crippen LogP contribution is 2.24. The molecule has 2 heterocycles. The minimum Gasteiger partial charge on any atom is -0.378 e. The van der Waals surface area contributed by atoms with E-state index in [0.29, 0.717) is 13.2 Å². The average Bonchev–Trinajstić information content (AvgIpc) is 2.74. The minimum absolute atomic E-state index is 0.0605. The molecule has 1 aliphatic rings. The van der Waals surface area contributed by atoms with Crippen molar-refractivity contribution in [2.24, 2.45) is 0 Å². The molecule has 0 bridgehead atoms. The van der Waals surface area contributed by atoms with Crippen molar-refractivity contribution in [3.8, 4) is 0 Å². The van der Waals surface area contributed by atoms with Crippen LogP contribution in [0.25, 0.3) is 0 Å². The molecule has 0 aromatic carbocycles. The molecule has 0 aliphatic carbocycles. The second-order valence-electron chi connectivity index (χ2n) is 4.93. The maximum Gasteiger partial charge on any atom is 0.239 e.